The van der Waals surface area contributed by atoms with Crippen molar-refractivity contribution >= 4 is 11.9 Å². The van der Waals surface area contributed by atoms with Gasteiger partial charge in [-0.2, -0.15) is 0 Å². The minimum absolute atomic E-state index is 0.0202. The highest BCUT2D eigenvalue weighted by molar-refractivity contribution is 5.80. The molecule has 0 aromatic heterocycles. The van der Waals surface area contributed by atoms with Gasteiger partial charge in [0.25, 0.3) is 5.69 Å². The minimum atomic E-state index is -0.441. The molecule has 0 unspecified atom stereocenters. The second-order valence-electron chi connectivity index (χ2n) is 4.95. The number of nitro benzene ring substituents is 1. The Hall–Kier alpha value is -3.09. The molecule has 0 bridgehead atoms. The highest BCUT2D eigenvalue weighted by Gasteiger charge is 2.11. The minimum Gasteiger partial charge on any atom is -0.493 e. The third-order valence-electron chi connectivity index (χ3n) is 3.38. The van der Waals surface area contributed by atoms with Crippen molar-refractivity contribution in [3.05, 3.63) is 63.7 Å². The quantitative estimate of drug-likeness (QED) is 0.439. The molecule has 126 valence electrons. The van der Waals surface area contributed by atoms with Crippen LogP contribution in [0.3, 0.4) is 0 Å². The normalized spacial score (nSPS) is 12.0. The Labute approximate surface area is 139 Å². The van der Waals surface area contributed by atoms with Crippen LogP contribution in [-0.2, 0) is 4.84 Å². The third-order valence-corrected chi connectivity index (χ3v) is 3.38. The van der Waals surface area contributed by atoms with Crippen LogP contribution in [0.2, 0.25) is 0 Å². The van der Waals surface area contributed by atoms with Gasteiger partial charge >= 0.3 is 0 Å². The maximum atomic E-state index is 10.8. The largest absolute Gasteiger partial charge is 0.493 e. The van der Waals surface area contributed by atoms with E-state index in [4.69, 9.17) is 14.3 Å². The number of hydrogen-bond donors (Lipinski definition) is 0. The Morgan fingerprint density at radius 1 is 1.12 bits per heavy atom. The fraction of sp³-hybridized carbons (Fsp3) is 0.235. The lowest BCUT2D eigenvalue weighted by Gasteiger charge is -2.10. The van der Waals surface area contributed by atoms with E-state index in [-0.39, 0.29) is 5.69 Å². The summed E-state index contributed by atoms with van der Waals surface area (Å²) in [6, 6.07) is 11.6. The molecule has 7 nitrogen and oxygen atoms in total. The van der Waals surface area contributed by atoms with E-state index in [1.165, 1.54) is 18.3 Å². The summed E-state index contributed by atoms with van der Waals surface area (Å²) >= 11 is 0. The standard InChI is InChI=1S/C17H18N2O5/c1-12(14-5-4-6-15(10-14)19(20)21)24-18-11-13-7-8-16(22-2)17(9-13)23-3/h4-12H,1-3H3/b18-11-/t12-/m0/s1. The van der Waals surface area contributed by atoms with Gasteiger partial charge in [-0.1, -0.05) is 17.3 Å². The van der Waals surface area contributed by atoms with Crippen LogP contribution in [0.5, 0.6) is 11.5 Å². The average molecular weight is 330 g/mol. The van der Waals surface area contributed by atoms with Gasteiger partial charge in [0, 0.05) is 23.3 Å². The molecule has 0 radical (unpaired) electrons. The Morgan fingerprint density at radius 3 is 2.54 bits per heavy atom. The number of oxime groups is 1. The second-order valence-corrected chi connectivity index (χ2v) is 4.95. The van der Waals surface area contributed by atoms with E-state index < -0.39 is 11.0 Å². The van der Waals surface area contributed by atoms with Crippen LogP contribution in [0.4, 0.5) is 5.69 Å². The van der Waals surface area contributed by atoms with Crippen LogP contribution in [0.1, 0.15) is 24.2 Å². The van der Waals surface area contributed by atoms with Crippen molar-refractivity contribution in [2.75, 3.05) is 14.2 Å². The fourth-order valence-corrected chi connectivity index (χ4v) is 2.07. The number of benzene rings is 2. The predicted octanol–water partition coefficient (Wildman–Crippen LogP) is 3.72. The van der Waals surface area contributed by atoms with Gasteiger partial charge in [-0.25, -0.2) is 0 Å². The lowest BCUT2D eigenvalue weighted by atomic mass is 10.1. The summed E-state index contributed by atoms with van der Waals surface area (Å²) < 4.78 is 10.4. The molecule has 24 heavy (non-hydrogen) atoms. The topological polar surface area (TPSA) is 83.2 Å². The van der Waals surface area contributed by atoms with E-state index in [0.29, 0.717) is 17.1 Å². The molecule has 7 heteroatoms. The Morgan fingerprint density at radius 2 is 1.88 bits per heavy atom. The Balaban J connectivity index is 2.05. The molecule has 2 aromatic rings. The highest BCUT2D eigenvalue weighted by atomic mass is 16.6. The van der Waals surface area contributed by atoms with Crippen LogP contribution in [0.15, 0.2) is 47.6 Å². The van der Waals surface area contributed by atoms with Gasteiger partial charge in [-0.05, 0) is 25.1 Å². The molecular formula is C17H18N2O5. The highest BCUT2D eigenvalue weighted by Crippen LogP contribution is 2.27. The van der Waals surface area contributed by atoms with Crippen molar-refractivity contribution < 1.29 is 19.2 Å². The lowest BCUT2D eigenvalue weighted by Crippen LogP contribution is -1.98. The molecule has 2 rings (SSSR count). The van der Waals surface area contributed by atoms with Crippen LogP contribution < -0.4 is 9.47 Å². The molecule has 0 amide bonds. The Bertz CT molecular complexity index is 746. The first-order valence-corrected chi connectivity index (χ1v) is 7.20. The smallest absolute Gasteiger partial charge is 0.269 e. The van der Waals surface area contributed by atoms with E-state index in [1.807, 2.05) is 6.07 Å². The molecule has 0 saturated carbocycles. The zero-order valence-corrected chi connectivity index (χ0v) is 13.6. The van der Waals surface area contributed by atoms with Crippen molar-refractivity contribution in [2.24, 2.45) is 5.16 Å². The monoisotopic (exact) mass is 330 g/mol. The number of hydrogen-bond acceptors (Lipinski definition) is 6. The molecule has 0 heterocycles. The molecule has 0 fully saturated rings. The third kappa shape index (κ3) is 4.22. The number of nitro groups is 1. The average Bonchev–Trinajstić information content (AvgIpc) is 2.61. The summed E-state index contributed by atoms with van der Waals surface area (Å²) in [6.07, 6.45) is 1.12. The first-order chi connectivity index (χ1) is 11.5. The molecule has 0 N–H and O–H groups in total. The summed E-state index contributed by atoms with van der Waals surface area (Å²) in [5, 5.41) is 14.7. The van der Waals surface area contributed by atoms with Crippen molar-refractivity contribution in [2.45, 2.75) is 13.0 Å². The molecule has 0 saturated heterocycles. The number of non-ortho nitro benzene ring substituents is 1. The van der Waals surface area contributed by atoms with Gasteiger partial charge in [-0.3, -0.25) is 10.1 Å². The molecule has 2 aromatic carbocycles. The zero-order valence-electron chi connectivity index (χ0n) is 13.6. The van der Waals surface area contributed by atoms with Crippen molar-refractivity contribution in [1.29, 1.82) is 0 Å². The van der Waals surface area contributed by atoms with Gasteiger partial charge in [0.1, 0.15) is 6.10 Å². The lowest BCUT2D eigenvalue weighted by molar-refractivity contribution is -0.385. The van der Waals surface area contributed by atoms with E-state index in [1.54, 1.807) is 45.4 Å². The van der Waals surface area contributed by atoms with Crippen LogP contribution >= 0.6 is 0 Å². The first-order valence-electron chi connectivity index (χ1n) is 7.20. The molecule has 0 aliphatic rings. The molecule has 0 aliphatic carbocycles. The summed E-state index contributed by atoms with van der Waals surface area (Å²) in [5.74, 6) is 1.22. The SMILES string of the molecule is COc1ccc(/C=N\O[C@@H](C)c2cccc([N+](=O)[O-])c2)cc1OC. The van der Waals surface area contributed by atoms with Gasteiger partial charge in [0.2, 0.25) is 0 Å². The summed E-state index contributed by atoms with van der Waals surface area (Å²) in [7, 11) is 3.12. The summed E-state index contributed by atoms with van der Waals surface area (Å²) in [6.45, 7) is 1.77. The van der Waals surface area contributed by atoms with E-state index in [9.17, 15) is 10.1 Å². The van der Waals surface area contributed by atoms with Gasteiger partial charge in [0.15, 0.2) is 11.5 Å². The maximum Gasteiger partial charge on any atom is 0.269 e. The van der Waals surface area contributed by atoms with Gasteiger partial charge in [-0.15, -0.1) is 0 Å². The maximum absolute atomic E-state index is 10.8. The van der Waals surface area contributed by atoms with Crippen LogP contribution in [0.25, 0.3) is 0 Å². The number of rotatable bonds is 7. The first kappa shape index (κ1) is 17.3. The molecule has 0 aliphatic heterocycles. The second kappa shape index (κ2) is 7.96. The molecule has 0 spiro atoms. The fourth-order valence-electron chi connectivity index (χ4n) is 2.07. The number of nitrogens with zero attached hydrogens (tertiary/aromatic N) is 2. The zero-order chi connectivity index (χ0) is 17.5. The van der Waals surface area contributed by atoms with Crippen molar-refractivity contribution in [3.63, 3.8) is 0 Å². The molecule has 1 atom stereocenters. The van der Waals surface area contributed by atoms with Gasteiger partial charge < -0.3 is 14.3 Å². The number of methoxy groups -OCH3 is 2. The van der Waals surface area contributed by atoms with Crippen LogP contribution in [0, 0.1) is 10.1 Å². The van der Waals surface area contributed by atoms with E-state index >= 15 is 0 Å². The van der Waals surface area contributed by atoms with Crippen molar-refractivity contribution in [3.8, 4) is 11.5 Å². The van der Waals surface area contributed by atoms with E-state index in [0.717, 1.165) is 5.56 Å². The predicted molar refractivity (Wildman–Crippen MR) is 89.7 cm³/mol. The van der Waals surface area contributed by atoms with E-state index in [2.05, 4.69) is 5.16 Å². The summed E-state index contributed by atoms with van der Waals surface area (Å²) in [5.41, 5.74) is 1.47. The molecular weight excluding hydrogens is 312 g/mol. The summed E-state index contributed by atoms with van der Waals surface area (Å²) in [4.78, 5) is 15.7. The van der Waals surface area contributed by atoms with Gasteiger partial charge in [0.05, 0.1) is 25.4 Å². The Kier molecular flexibility index (Phi) is 5.73. The number of ether oxygens (including phenoxy) is 2. The van der Waals surface area contributed by atoms with Crippen molar-refractivity contribution in [1.82, 2.24) is 0 Å². The van der Waals surface area contributed by atoms with Crippen LogP contribution in [-0.4, -0.2) is 25.4 Å².